The van der Waals surface area contributed by atoms with E-state index in [0.29, 0.717) is 12.5 Å². The topological polar surface area (TPSA) is 42.9 Å². The molecule has 4 heterocycles. The summed E-state index contributed by atoms with van der Waals surface area (Å²) in [5.41, 5.74) is 3.39. The van der Waals surface area contributed by atoms with E-state index in [1.54, 1.807) is 0 Å². The van der Waals surface area contributed by atoms with Crippen molar-refractivity contribution < 1.29 is 4.79 Å². The fraction of sp³-hybridized carbons (Fsp3) is 0.520. The zero-order valence-electron chi connectivity index (χ0n) is 18.7. The van der Waals surface area contributed by atoms with Gasteiger partial charge in [-0.05, 0) is 44.0 Å². The summed E-state index contributed by atoms with van der Waals surface area (Å²) in [6.07, 6.45) is 4.01. The van der Waals surface area contributed by atoms with Crippen LogP contribution in [0.5, 0.6) is 0 Å². The van der Waals surface area contributed by atoms with E-state index in [0.717, 1.165) is 57.8 Å². The standard InChI is InChI=1S/C25H33N5O/c1-20-8-9-22(16-26-20)17-28-12-10-25(11-13-28)29-15-14-27(2)19-23(29)24(31)30(25)18-21-6-4-3-5-7-21/h3-9,16,23H,10-15,17-19H2,1-2H3/t23-/m1/s1. The maximum atomic E-state index is 13.6. The van der Waals surface area contributed by atoms with Crippen molar-refractivity contribution in [1.29, 1.82) is 0 Å². The van der Waals surface area contributed by atoms with E-state index in [-0.39, 0.29) is 11.7 Å². The van der Waals surface area contributed by atoms with Gasteiger partial charge in [-0.15, -0.1) is 0 Å². The highest BCUT2D eigenvalue weighted by Crippen LogP contribution is 2.42. The zero-order valence-corrected chi connectivity index (χ0v) is 18.7. The second-order valence-corrected chi connectivity index (χ2v) is 9.45. The molecule has 164 valence electrons. The van der Waals surface area contributed by atoms with Gasteiger partial charge >= 0.3 is 0 Å². The fourth-order valence-electron chi connectivity index (χ4n) is 5.64. The molecular weight excluding hydrogens is 386 g/mol. The molecule has 0 radical (unpaired) electrons. The molecule has 3 saturated heterocycles. The van der Waals surface area contributed by atoms with Crippen molar-refractivity contribution in [2.24, 2.45) is 0 Å². The molecule has 1 spiro atoms. The number of hydrogen-bond acceptors (Lipinski definition) is 5. The van der Waals surface area contributed by atoms with E-state index in [1.807, 2.05) is 19.2 Å². The lowest BCUT2D eigenvalue weighted by atomic mass is 9.92. The maximum absolute atomic E-state index is 13.6. The molecule has 2 aromatic rings. The van der Waals surface area contributed by atoms with Crippen LogP contribution in [0.1, 0.15) is 29.7 Å². The van der Waals surface area contributed by atoms with Crippen molar-refractivity contribution in [1.82, 2.24) is 24.6 Å². The van der Waals surface area contributed by atoms with Gasteiger partial charge in [-0.1, -0.05) is 36.4 Å². The first kappa shape index (κ1) is 20.6. The number of likely N-dealkylation sites (N-methyl/N-ethyl adjacent to an activating group) is 1. The van der Waals surface area contributed by atoms with Crippen LogP contribution in [-0.4, -0.2) is 82.0 Å². The molecule has 1 aromatic heterocycles. The van der Waals surface area contributed by atoms with Crippen molar-refractivity contribution in [2.75, 3.05) is 39.8 Å². The Hall–Kier alpha value is -2.28. The van der Waals surface area contributed by atoms with Gasteiger partial charge < -0.3 is 9.80 Å². The zero-order chi connectivity index (χ0) is 21.4. The van der Waals surface area contributed by atoms with Gasteiger partial charge in [0, 0.05) is 57.7 Å². The maximum Gasteiger partial charge on any atom is 0.243 e. The molecule has 0 saturated carbocycles. The minimum Gasteiger partial charge on any atom is -0.318 e. The summed E-state index contributed by atoms with van der Waals surface area (Å²) in [4.78, 5) is 27.6. The average molecular weight is 420 g/mol. The molecule has 0 unspecified atom stereocenters. The van der Waals surface area contributed by atoms with Crippen molar-refractivity contribution in [3.8, 4) is 0 Å². The lowest BCUT2D eigenvalue weighted by Gasteiger charge is -2.51. The number of nitrogens with zero attached hydrogens (tertiary/aromatic N) is 5. The second-order valence-electron chi connectivity index (χ2n) is 9.45. The Labute approximate surface area is 185 Å². The molecule has 1 amide bonds. The largest absolute Gasteiger partial charge is 0.318 e. The molecule has 6 nitrogen and oxygen atoms in total. The molecule has 5 rings (SSSR count). The number of pyridine rings is 1. The Morgan fingerprint density at radius 3 is 2.45 bits per heavy atom. The summed E-state index contributed by atoms with van der Waals surface area (Å²) < 4.78 is 0. The van der Waals surface area contributed by atoms with Crippen LogP contribution in [0.2, 0.25) is 0 Å². The van der Waals surface area contributed by atoms with Crippen LogP contribution in [0, 0.1) is 6.92 Å². The number of piperidine rings is 1. The minimum atomic E-state index is -0.152. The molecule has 0 bridgehead atoms. The number of piperazine rings is 1. The summed E-state index contributed by atoms with van der Waals surface area (Å²) in [5, 5.41) is 0. The third-order valence-corrected chi connectivity index (χ3v) is 7.39. The van der Waals surface area contributed by atoms with E-state index in [1.165, 1.54) is 11.1 Å². The molecule has 1 aromatic carbocycles. The van der Waals surface area contributed by atoms with Crippen LogP contribution in [0.25, 0.3) is 0 Å². The van der Waals surface area contributed by atoms with E-state index < -0.39 is 0 Å². The monoisotopic (exact) mass is 419 g/mol. The lowest BCUT2D eigenvalue weighted by Crippen LogP contribution is -2.63. The molecule has 0 N–H and O–H groups in total. The van der Waals surface area contributed by atoms with Crippen molar-refractivity contribution in [2.45, 2.75) is 44.6 Å². The van der Waals surface area contributed by atoms with Crippen LogP contribution < -0.4 is 0 Å². The van der Waals surface area contributed by atoms with Gasteiger partial charge in [-0.25, -0.2) is 0 Å². The van der Waals surface area contributed by atoms with E-state index >= 15 is 0 Å². The first-order chi connectivity index (χ1) is 15.0. The molecule has 3 aliphatic rings. The predicted molar refractivity (Wildman–Crippen MR) is 121 cm³/mol. The number of benzene rings is 1. The number of likely N-dealkylation sites (tertiary alicyclic amines) is 1. The number of aryl methyl sites for hydroxylation is 1. The number of rotatable bonds is 4. The summed E-state index contributed by atoms with van der Waals surface area (Å²) in [7, 11) is 2.13. The molecule has 6 heteroatoms. The van der Waals surface area contributed by atoms with Crippen LogP contribution in [0.3, 0.4) is 0 Å². The molecule has 3 aliphatic heterocycles. The van der Waals surface area contributed by atoms with E-state index in [2.05, 4.69) is 68.0 Å². The number of fused-ring (bicyclic) bond motifs is 2. The van der Waals surface area contributed by atoms with E-state index in [4.69, 9.17) is 0 Å². The summed E-state index contributed by atoms with van der Waals surface area (Å²) >= 11 is 0. The predicted octanol–water partition coefficient (Wildman–Crippen LogP) is 2.34. The highest BCUT2D eigenvalue weighted by molar-refractivity contribution is 5.85. The van der Waals surface area contributed by atoms with Gasteiger partial charge in [-0.2, -0.15) is 0 Å². The molecule has 3 fully saturated rings. The third-order valence-electron chi connectivity index (χ3n) is 7.39. The van der Waals surface area contributed by atoms with Crippen LogP contribution in [0.15, 0.2) is 48.7 Å². The molecule has 0 aliphatic carbocycles. The SMILES string of the molecule is Cc1ccc(CN2CCC3(CC2)N(Cc2ccccc2)C(=O)[C@H]2CN(C)CCN23)cn1. The number of hydrogen-bond donors (Lipinski definition) is 0. The van der Waals surface area contributed by atoms with Crippen LogP contribution in [0.4, 0.5) is 0 Å². The highest BCUT2D eigenvalue weighted by atomic mass is 16.2. The van der Waals surface area contributed by atoms with Gasteiger partial charge in [0.25, 0.3) is 0 Å². The van der Waals surface area contributed by atoms with Gasteiger partial charge in [0.15, 0.2) is 0 Å². The number of carbonyl (C=O) groups excluding carboxylic acids is 1. The Balaban J connectivity index is 1.36. The summed E-state index contributed by atoms with van der Waals surface area (Å²) in [6, 6.07) is 14.7. The van der Waals surface area contributed by atoms with Gasteiger partial charge in [0.05, 0.1) is 5.66 Å². The van der Waals surface area contributed by atoms with Crippen molar-refractivity contribution >= 4 is 5.91 Å². The Bertz CT molecular complexity index is 907. The highest BCUT2D eigenvalue weighted by Gasteiger charge is 2.58. The first-order valence-electron chi connectivity index (χ1n) is 11.5. The quantitative estimate of drug-likeness (QED) is 0.761. The first-order valence-corrected chi connectivity index (χ1v) is 11.5. The van der Waals surface area contributed by atoms with Gasteiger partial charge in [-0.3, -0.25) is 19.6 Å². The smallest absolute Gasteiger partial charge is 0.243 e. The molecule has 31 heavy (non-hydrogen) atoms. The molecule has 1 atom stereocenters. The fourth-order valence-corrected chi connectivity index (χ4v) is 5.64. The van der Waals surface area contributed by atoms with Crippen LogP contribution >= 0.6 is 0 Å². The average Bonchev–Trinajstić information content (AvgIpc) is 3.00. The molecular formula is C25H33N5O. The van der Waals surface area contributed by atoms with Crippen LogP contribution in [-0.2, 0) is 17.9 Å². The third kappa shape index (κ3) is 3.88. The van der Waals surface area contributed by atoms with Crippen molar-refractivity contribution in [3.05, 3.63) is 65.5 Å². The van der Waals surface area contributed by atoms with Gasteiger partial charge in [0.2, 0.25) is 5.91 Å². The summed E-state index contributed by atoms with van der Waals surface area (Å²) in [5.74, 6) is 0.312. The van der Waals surface area contributed by atoms with E-state index in [9.17, 15) is 4.79 Å². The Morgan fingerprint density at radius 1 is 0.968 bits per heavy atom. The Kier molecular flexibility index (Phi) is 5.54. The second kappa shape index (κ2) is 8.34. The lowest BCUT2D eigenvalue weighted by molar-refractivity contribution is -0.135. The Morgan fingerprint density at radius 2 is 1.74 bits per heavy atom. The number of carbonyl (C=O) groups is 1. The minimum absolute atomic E-state index is 0.00434. The number of amides is 1. The summed E-state index contributed by atoms with van der Waals surface area (Å²) in [6.45, 7) is 8.52. The number of aromatic nitrogens is 1. The normalized spacial score (nSPS) is 24.6. The van der Waals surface area contributed by atoms with Gasteiger partial charge in [0.1, 0.15) is 6.04 Å². The van der Waals surface area contributed by atoms with Crippen molar-refractivity contribution in [3.63, 3.8) is 0 Å².